The quantitative estimate of drug-likeness (QED) is 0.804. The Morgan fingerprint density at radius 1 is 0.955 bits per heavy atom. The molecule has 22 heavy (non-hydrogen) atoms. The summed E-state index contributed by atoms with van der Waals surface area (Å²) in [5.41, 5.74) is 4.71. The molecule has 112 valence electrons. The van der Waals surface area contributed by atoms with Crippen molar-refractivity contribution in [3.05, 3.63) is 66.1 Å². The van der Waals surface area contributed by atoms with Gasteiger partial charge in [0.1, 0.15) is 5.65 Å². The molecule has 4 heteroatoms. The number of nitrogens with one attached hydrogen (secondary N) is 1. The van der Waals surface area contributed by atoms with Crippen LogP contribution < -0.4 is 10.2 Å². The molecule has 4 nitrogen and oxygen atoms in total. The van der Waals surface area contributed by atoms with E-state index >= 15 is 0 Å². The molecule has 1 saturated heterocycles. The Balaban J connectivity index is 1.60. The summed E-state index contributed by atoms with van der Waals surface area (Å²) in [6.07, 6.45) is 5.22. The molecule has 4 rings (SSSR count). The fourth-order valence-electron chi connectivity index (χ4n) is 3.03. The van der Waals surface area contributed by atoms with Gasteiger partial charge in [-0.25, -0.2) is 4.98 Å². The highest BCUT2D eigenvalue weighted by molar-refractivity contribution is 5.53. The van der Waals surface area contributed by atoms with Crippen molar-refractivity contribution >= 4 is 11.3 Å². The molecule has 2 aromatic heterocycles. The van der Waals surface area contributed by atoms with E-state index in [9.17, 15) is 0 Å². The average Bonchev–Trinajstić information content (AvgIpc) is 2.98. The minimum absolute atomic E-state index is 0.880. The van der Waals surface area contributed by atoms with Gasteiger partial charge in [0.15, 0.2) is 0 Å². The van der Waals surface area contributed by atoms with Crippen LogP contribution in [0.25, 0.3) is 5.65 Å². The summed E-state index contributed by atoms with van der Waals surface area (Å²) in [4.78, 5) is 7.15. The Kier molecular flexibility index (Phi) is 3.52. The van der Waals surface area contributed by atoms with Gasteiger partial charge in [-0.2, -0.15) is 0 Å². The Labute approximate surface area is 130 Å². The first kappa shape index (κ1) is 13.3. The SMILES string of the molecule is c1ccc(Cc2cn3cc(N4CCNCC4)ccc3n2)cc1. The lowest BCUT2D eigenvalue weighted by Crippen LogP contribution is -2.43. The highest BCUT2D eigenvalue weighted by Crippen LogP contribution is 2.18. The van der Waals surface area contributed by atoms with Gasteiger partial charge in [0.2, 0.25) is 0 Å². The number of rotatable bonds is 3. The van der Waals surface area contributed by atoms with Gasteiger partial charge in [-0.3, -0.25) is 0 Å². The normalized spacial score (nSPS) is 15.4. The lowest BCUT2D eigenvalue weighted by Gasteiger charge is -2.29. The third-order valence-corrected chi connectivity index (χ3v) is 4.20. The van der Waals surface area contributed by atoms with Crippen molar-refractivity contribution in [1.82, 2.24) is 14.7 Å². The first-order chi connectivity index (χ1) is 10.9. The van der Waals surface area contributed by atoms with E-state index in [2.05, 4.69) is 63.4 Å². The number of pyridine rings is 1. The van der Waals surface area contributed by atoms with Crippen molar-refractivity contribution in [2.75, 3.05) is 31.1 Å². The Morgan fingerprint density at radius 3 is 2.59 bits per heavy atom. The summed E-state index contributed by atoms with van der Waals surface area (Å²) in [5, 5.41) is 3.39. The molecule has 0 radical (unpaired) electrons. The Bertz CT molecular complexity index is 757. The predicted molar refractivity (Wildman–Crippen MR) is 89.5 cm³/mol. The van der Waals surface area contributed by atoms with Crippen LogP contribution in [-0.4, -0.2) is 35.6 Å². The number of aromatic nitrogens is 2. The summed E-state index contributed by atoms with van der Waals surface area (Å²) >= 11 is 0. The van der Waals surface area contributed by atoms with Crippen molar-refractivity contribution in [3.63, 3.8) is 0 Å². The number of imidazole rings is 1. The second kappa shape index (κ2) is 5.81. The molecule has 3 heterocycles. The predicted octanol–water partition coefficient (Wildman–Crippen LogP) is 2.33. The molecule has 1 aliphatic heterocycles. The Morgan fingerprint density at radius 2 is 1.77 bits per heavy atom. The van der Waals surface area contributed by atoms with E-state index in [-0.39, 0.29) is 0 Å². The molecule has 0 spiro atoms. The van der Waals surface area contributed by atoms with Gasteiger partial charge in [-0.05, 0) is 17.7 Å². The zero-order valence-corrected chi connectivity index (χ0v) is 12.6. The fourth-order valence-corrected chi connectivity index (χ4v) is 3.03. The van der Waals surface area contributed by atoms with Crippen LogP contribution in [0.4, 0.5) is 5.69 Å². The summed E-state index contributed by atoms with van der Waals surface area (Å²) < 4.78 is 2.15. The minimum Gasteiger partial charge on any atom is -0.368 e. The number of nitrogens with zero attached hydrogens (tertiary/aromatic N) is 3. The molecule has 0 atom stereocenters. The molecule has 0 bridgehead atoms. The van der Waals surface area contributed by atoms with E-state index in [4.69, 9.17) is 4.98 Å². The van der Waals surface area contributed by atoms with E-state index in [0.717, 1.165) is 43.9 Å². The molecule has 0 saturated carbocycles. The van der Waals surface area contributed by atoms with Crippen LogP contribution in [0.1, 0.15) is 11.3 Å². The highest BCUT2D eigenvalue weighted by atomic mass is 15.2. The summed E-state index contributed by atoms with van der Waals surface area (Å²) in [5.74, 6) is 0. The monoisotopic (exact) mass is 292 g/mol. The number of hydrogen-bond donors (Lipinski definition) is 1. The molecule has 3 aromatic rings. The van der Waals surface area contributed by atoms with Gasteiger partial charge in [0.25, 0.3) is 0 Å². The van der Waals surface area contributed by atoms with Crippen molar-refractivity contribution in [2.24, 2.45) is 0 Å². The Hall–Kier alpha value is -2.33. The lowest BCUT2D eigenvalue weighted by molar-refractivity contribution is 0.588. The van der Waals surface area contributed by atoms with E-state index in [1.807, 2.05) is 6.07 Å². The van der Waals surface area contributed by atoms with Crippen molar-refractivity contribution < 1.29 is 0 Å². The summed E-state index contributed by atoms with van der Waals surface area (Å²) in [6.45, 7) is 4.25. The molecule has 0 aliphatic carbocycles. The topological polar surface area (TPSA) is 32.6 Å². The number of hydrogen-bond acceptors (Lipinski definition) is 3. The molecule has 0 amide bonds. The van der Waals surface area contributed by atoms with E-state index in [0.29, 0.717) is 0 Å². The summed E-state index contributed by atoms with van der Waals surface area (Å²) in [7, 11) is 0. The molecular weight excluding hydrogens is 272 g/mol. The lowest BCUT2D eigenvalue weighted by atomic mass is 10.1. The van der Waals surface area contributed by atoms with Crippen LogP contribution in [0.3, 0.4) is 0 Å². The van der Waals surface area contributed by atoms with Gasteiger partial charge in [0, 0.05) is 45.0 Å². The van der Waals surface area contributed by atoms with Crippen molar-refractivity contribution in [1.29, 1.82) is 0 Å². The van der Waals surface area contributed by atoms with Crippen LogP contribution >= 0.6 is 0 Å². The number of anilines is 1. The van der Waals surface area contributed by atoms with E-state index < -0.39 is 0 Å². The van der Waals surface area contributed by atoms with E-state index in [1.54, 1.807) is 0 Å². The van der Waals surface area contributed by atoms with Crippen molar-refractivity contribution in [3.8, 4) is 0 Å². The molecule has 1 aliphatic rings. The van der Waals surface area contributed by atoms with Crippen LogP contribution in [0.15, 0.2) is 54.9 Å². The first-order valence-corrected chi connectivity index (χ1v) is 7.86. The van der Waals surface area contributed by atoms with Crippen molar-refractivity contribution in [2.45, 2.75) is 6.42 Å². The van der Waals surface area contributed by atoms with E-state index in [1.165, 1.54) is 11.3 Å². The van der Waals surface area contributed by atoms with Gasteiger partial charge in [0.05, 0.1) is 11.4 Å². The van der Waals surface area contributed by atoms with Crippen LogP contribution in [0, 0.1) is 0 Å². The molecule has 1 aromatic carbocycles. The fraction of sp³-hybridized carbons (Fsp3) is 0.278. The number of fused-ring (bicyclic) bond motifs is 1. The van der Waals surface area contributed by atoms with Crippen LogP contribution in [0.2, 0.25) is 0 Å². The standard InChI is InChI=1S/C18H20N4/c1-2-4-15(5-3-1)12-16-13-22-14-17(6-7-18(22)20-16)21-10-8-19-9-11-21/h1-7,13-14,19H,8-12H2. The molecule has 0 unspecified atom stereocenters. The summed E-state index contributed by atoms with van der Waals surface area (Å²) in [6, 6.07) is 14.8. The number of benzene rings is 1. The minimum atomic E-state index is 0.880. The molecule has 1 N–H and O–H groups in total. The largest absolute Gasteiger partial charge is 0.368 e. The van der Waals surface area contributed by atoms with Gasteiger partial charge in [-0.15, -0.1) is 0 Å². The molecular formula is C18H20N4. The number of piperazine rings is 1. The highest BCUT2D eigenvalue weighted by Gasteiger charge is 2.11. The smallest absolute Gasteiger partial charge is 0.137 e. The second-order valence-corrected chi connectivity index (χ2v) is 5.78. The molecule has 1 fully saturated rings. The van der Waals surface area contributed by atoms with Crippen LogP contribution in [-0.2, 0) is 6.42 Å². The van der Waals surface area contributed by atoms with Gasteiger partial charge >= 0.3 is 0 Å². The maximum absolute atomic E-state index is 4.73. The van der Waals surface area contributed by atoms with Gasteiger partial charge < -0.3 is 14.6 Å². The third kappa shape index (κ3) is 2.70. The second-order valence-electron chi connectivity index (χ2n) is 5.78. The first-order valence-electron chi connectivity index (χ1n) is 7.86. The maximum Gasteiger partial charge on any atom is 0.137 e. The average molecular weight is 292 g/mol. The van der Waals surface area contributed by atoms with Crippen LogP contribution in [0.5, 0.6) is 0 Å². The van der Waals surface area contributed by atoms with Gasteiger partial charge in [-0.1, -0.05) is 30.3 Å². The third-order valence-electron chi connectivity index (χ3n) is 4.20. The zero-order valence-electron chi connectivity index (χ0n) is 12.6. The maximum atomic E-state index is 4.73. The zero-order chi connectivity index (χ0) is 14.8.